The highest BCUT2D eigenvalue weighted by atomic mass is 14.9. The van der Waals surface area contributed by atoms with Crippen LogP contribution in [0, 0.1) is 5.92 Å². The molecule has 2 fully saturated rings. The van der Waals surface area contributed by atoms with E-state index in [-0.39, 0.29) is 0 Å². The van der Waals surface area contributed by atoms with Crippen LogP contribution >= 0.6 is 0 Å². The molecule has 0 radical (unpaired) electrons. The van der Waals surface area contributed by atoms with E-state index in [2.05, 4.69) is 5.32 Å². The quantitative estimate of drug-likeness (QED) is 0.560. The Labute approximate surface area is 56.8 Å². The van der Waals surface area contributed by atoms with Crippen molar-refractivity contribution in [3.63, 3.8) is 0 Å². The van der Waals surface area contributed by atoms with Crippen molar-refractivity contribution in [2.45, 2.75) is 38.1 Å². The predicted molar refractivity (Wildman–Crippen MR) is 38.4 cm³/mol. The second-order valence-corrected chi connectivity index (χ2v) is 3.39. The summed E-state index contributed by atoms with van der Waals surface area (Å²) in [6.45, 7) is 1.28. The highest BCUT2D eigenvalue weighted by Crippen LogP contribution is 2.32. The van der Waals surface area contributed by atoms with Crippen LogP contribution in [0.5, 0.6) is 0 Å². The Hall–Kier alpha value is -0.0400. The van der Waals surface area contributed by atoms with Crippen molar-refractivity contribution in [3.05, 3.63) is 0 Å². The van der Waals surface area contributed by atoms with Crippen LogP contribution in [-0.2, 0) is 0 Å². The number of hydrogen-bond donors (Lipinski definition) is 1. The van der Waals surface area contributed by atoms with Crippen molar-refractivity contribution in [2.24, 2.45) is 5.92 Å². The summed E-state index contributed by atoms with van der Waals surface area (Å²) in [4.78, 5) is 0. The molecular formula is C8H15N. The molecule has 0 bridgehead atoms. The van der Waals surface area contributed by atoms with Crippen LogP contribution < -0.4 is 5.32 Å². The molecule has 1 N–H and O–H groups in total. The molecule has 1 saturated heterocycles. The summed E-state index contributed by atoms with van der Waals surface area (Å²) in [5, 5.41) is 3.56. The maximum absolute atomic E-state index is 3.56. The first-order valence-corrected chi connectivity index (χ1v) is 4.20. The molecule has 1 saturated carbocycles. The minimum atomic E-state index is 0.916. The molecule has 9 heavy (non-hydrogen) atoms. The minimum Gasteiger partial charge on any atom is -0.314 e. The Morgan fingerprint density at radius 2 is 1.89 bits per heavy atom. The Bertz CT molecular complexity index is 90.7. The van der Waals surface area contributed by atoms with E-state index in [1.807, 2.05) is 0 Å². The fraction of sp³-hybridized carbons (Fsp3) is 1.00. The summed E-state index contributed by atoms with van der Waals surface area (Å²) in [5.74, 6) is 1.06. The topological polar surface area (TPSA) is 12.0 Å². The van der Waals surface area contributed by atoms with Gasteiger partial charge in [-0.05, 0) is 38.1 Å². The van der Waals surface area contributed by atoms with E-state index >= 15 is 0 Å². The fourth-order valence-corrected chi connectivity index (χ4v) is 1.96. The first-order chi connectivity index (χ1) is 4.47. The molecule has 2 aliphatic rings. The maximum Gasteiger partial charge on any atom is 0.00957 e. The molecule has 1 nitrogen and oxygen atoms in total. The lowest BCUT2D eigenvalue weighted by Gasteiger charge is -2.31. The van der Waals surface area contributed by atoms with Gasteiger partial charge >= 0.3 is 0 Å². The molecule has 52 valence electrons. The van der Waals surface area contributed by atoms with Gasteiger partial charge in [-0.15, -0.1) is 0 Å². The fourth-order valence-electron chi connectivity index (χ4n) is 1.96. The predicted octanol–water partition coefficient (Wildman–Crippen LogP) is 1.54. The zero-order chi connectivity index (χ0) is 6.10. The van der Waals surface area contributed by atoms with Crippen molar-refractivity contribution < 1.29 is 0 Å². The average molecular weight is 125 g/mol. The van der Waals surface area contributed by atoms with Gasteiger partial charge in [-0.2, -0.15) is 0 Å². The van der Waals surface area contributed by atoms with E-state index in [0.717, 1.165) is 12.0 Å². The van der Waals surface area contributed by atoms with E-state index in [4.69, 9.17) is 0 Å². The van der Waals surface area contributed by atoms with Crippen LogP contribution in [0.15, 0.2) is 0 Å². The lowest BCUT2D eigenvalue weighted by Crippen LogP contribution is -2.34. The molecule has 1 heteroatoms. The van der Waals surface area contributed by atoms with Gasteiger partial charge in [0.25, 0.3) is 0 Å². The van der Waals surface area contributed by atoms with Crippen LogP contribution in [0.2, 0.25) is 0 Å². The zero-order valence-electron chi connectivity index (χ0n) is 5.90. The summed E-state index contributed by atoms with van der Waals surface area (Å²) in [7, 11) is 0. The van der Waals surface area contributed by atoms with E-state index in [1.165, 1.54) is 38.6 Å². The number of nitrogens with one attached hydrogen (secondary N) is 1. The summed E-state index contributed by atoms with van der Waals surface area (Å²) >= 11 is 0. The minimum absolute atomic E-state index is 0.916. The third-order valence-corrected chi connectivity index (χ3v) is 2.82. The van der Waals surface area contributed by atoms with Gasteiger partial charge in [-0.1, -0.05) is 6.42 Å². The van der Waals surface area contributed by atoms with Gasteiger partial charge < -0.3 is 5.32 Å². The highest BCUT2D eigenvalue weighted by molar-refractivity contribution is 4.85. The lowest BCUT2D eigenvalue weighted by molar-refractivity contribution is 0.245. The smallest absolute Gasteiger partial charge is 0.00957 e. The summed E-state index contributed by atoms with van der Waals surface area (Å²) in [5.41, 5.74) is 0. The third-order valence-electron chi connectivity index (χ3n) is 2.82. The van der Waals surface area contributed by atoms with Crippen LogP contribution in [0.4, 0.5) is 0 Å². The van der Waals surface area contributed by atoms with Crippen molar-refractivity contribution in [1.29, 1.82) is 0 Å². The molecule has 1 aliphatic carbocycles. The molecule has 0 aromatic rings. The van der Waals surface area contributed by atoms with Crippen molar-refractivity contribution >= 4 is 0 Å². The van der Waals surface area contributed by atoms with Gasteiger partial charge in [-0.3, -0.25) is 0 Å². The first-order valence-electron chi connectivity index (χ1n) is 4.20. The van der Waals surface area contributed by atoms with Gasteiger partial charge in [0.2, 0.25) is 0 Å². The number of hydrogen-bond acceptors (Lipinski definition) is 1. The van der Waals surface area contributed by atoms with Gasteiger partial charge in [-0.25, -0.2) is 0 Å². The van der Waals surface area contributed by atoms with Crippen molar-refractivity contribution in [1.82, 2.24) is 5.32 Å². The Morgan fingerprint density at radius 1 is 1.00 bits per heavy atom. The molecule has 0 aromatic heterocycles. The first kappa shape index (κ1) is 5.72. The Balaban J connectivity index is 1.82. The molecule has 0 amide bonds. The maximum atomic E-state index is 3.56. The largest absolute Gasteiger partial charge is 0.314 e. The van der Waals surface area contributed by atoms with Crippen LogP contribution in [0.25, 0.3) is 0 Å². The molecular weight excluding hydrogens is 110 g/mol. The van der Waals surface area contributed by atoms with Crippen LogP contribution in [0.1, 0.15) is 32.1 Å². The highest BCUT2D eigenvalue weighted by Gasteiger charge is 2.28. The molecule has 0 unspecified atom stereocenters. The third kappa shape index (κ3) is 0.983. The number of rotatable bonds is 1. The second-order valence-electron chi connectivity index (χ2n) is 3.39. The molecule has 2 rings (SSSR count). The Kier molecular flexibility index (Phi) is 1.46. The van der Waals surface area contributed by atoms with Crippen molar-refractivity contribution in [2.75, 3.05) is 6.54 Å². The summed E-state index contributed by atoms with van der Waals surface area (Å²) in [6.07, 6.45) is 7.35. The Morgan fingerprint density at radius 3 is 2.33 bits per heavy atom. The molecule has 0 aromatic carbocycles. The summed E-state index contributed by atoms with van der Waals surface area (Å²) < 4.78 is 0. The van der Waals surface area contributed by atoms with Gasteiger partial charge in [0.05, 0.1) is 0 Å². The van der Waals surface area contributed by atoms with Crippen LogP contribution in [0.3, 0.4) is 0 Å². The molecule has 0 spiro atoms. The van der Waals surface area contributed by atoms with E-state index in [9.17, 15) is 0 Å². The zero-order valence-corrected chi connectivity index (χ0v) is 5.90. The monoisotopic (exact) mass is 125 g/mol. The van der Waals surface area contributed by atoms with Gasteiger partial charge in [0.1, 0.15) is 0 Å². The van der Waals surface area contributed by atoms with Gasteiger partial charge in [0, 0.05) is 6.04 Å². The standard InChI is InChI=1S/C8H15N/c1-3-7(4-1)8-5-2-6-9-8/h7-9H,1-6H2/t8-/m1/s1. The normalized spacial score (nSPS) is 36.7. The van der Waals surface area contributed by atoms with Gasteiger partial charge in [0.15, 0.2) is 0 Å². The average Bonchev–Trinajstić information content (AvgIpc) is 2.11. The van der Waals surface area contributed by atoms with E-state index in [1.54, 1.807) is 0 Å². The van der Waals surface area contributed by atoms with E-state index < -0.39 is 0 Å². The van der Waals surface area contributed by atoms with Crippen molar-refractivity contribution in [3.8, 4) is 0 Å². The van der Waals surface area contributed by atoms with E-state index in [0.29, 0.717) is 0 Å². The molecule has 1 aliphatic heterocycles. The lowest BCUT2D eigenvalue weighted by atomic mass is 9.79. The molecule has 1 atom stereocenters. The SMILES string of the molecule is C1CC([C@H]2CCCN2)C1. The second kappa shape index (κ2) is 2.30. The molecule has 1 heterocycles. The summed E-state index contributed by atoms with van der Waals surface area (Å²) in [6, 6.07) is 0.916. The van der Waals surface area contributed by atoms with Crippen LogP contribution in [-0.4, -0.2) is 12.6 Å².